The third-order valence-corrected chi connectivity index (χ3v) is 4.99. The Kier molecular flexibility index (Phi) is 3.75. The largest absolute Gasteiger partial charge is 0.327 e. The Hall–Kier alpha value is -1.41. The minimum atomic E-state index is 0.276. The maximum atomic E-state index is 6.44. The fourth-order valence-corrected chi connectivity index (χ4v) is 3.62. The summed E-state index contributed by atoms with van der Waals surface area (Å²) >= 11 is 0. The Labute approximate surface area is 121 Å². The first-order chi connectivity index (χ1) is 9.66. The topological polar surface area (TPSA) is 38.9 Å². The van der Waals surface area contributed by atoms with Gasteiger partial charge in [-0.15, -0.1) is 0 Å². The van der Waals surface area contributed by atoms with Crippen molar-refractivity contribution in [3.63, 3.8) is 0 Å². The quantitative estimate of drug-likeness (QED) is 0.890. The lowest BCUT2D eigenvalue weighted by Gasteiger charge is -2.36. The van der Waals surface area contributed by atoms with Gasteiger partial charge in [0.25, 0.3) is 0 Å². The highest BCUT2D eigenvalue weighted by atomic mass is 14.7. The van der Waals surface area contributed by atoms with Gasteiger partial charge in [-0.1, -0.05) is 38.1 Å². The number of nitrogens with two attached hydrogens (primary N) is 1. The fraction of sp³-hybridized carbons (Fsp3) is 0.500. The van der Waals surface area contributed by atoms with Crippen LogP contribution in [0, 0.1) is 11.8 Å². The van der Waals surface area contributed by atoms with Crippen molar-refractivity contribution in [2.24, 2.45) is 17.6 Å². The Morgan fingerprint density at radius 3 is 2.75 bits per heavy atom. The van der Waals surface area contributed by atoms with Crippen molar-refractivity contribution in [3.05, 3.63) is 42.2 Å². The van der Waals surface area contributed by atoms with Crippen LogP contribution in [0.15, 0.2) is 36.7 Å². The lowest BCUT2D eigenvalue weighted by Crippen LogP contribution is -2.36. The zero-order chi connectivity index (χ0) is 14.1. The first kappa shape index (κ1) is 13.6. The van der Waals surface area contributed by atoms with Crippen LogP contribution in [0.4, 0.5) is 0 Å². The third kappa shape index (κ3) is 2.45. The standard InChI is InChI=1S/C18H24N2/c1-12(2)13-7-8-18(19)16(9-13)17-11-20-10-14-5-3-4-6-15(14)17/h3-6,10-13,16,18H,7-9,19H2,1-2H3. The van der Waals surface area contributed by atoms with Gasteiger partial charge in [-0.25, -0.2) is 0 Å². The smallest absolute Gasteiger partial charge is 0.0346 e. The molecule has 1 aromatic heterocycles. The second-order valence-corrected chi connectivity index (χ2v) is 6.54. The predicted octanol–water partition coefficient (Wildman–Crippen LogP) is 4.10. The van der Waals surface area contributed by atoms with Gasteiger partial charge in [0.05, 0.1) is 0 Å². The average Bonchev–Trinajstić information content (AvgIpc) is 2.47. The molecule has 2 N–H and O–H groups in total. The fourth-order valence-electron chi connectivity index (χ4n) is 3.62. The van der Waals surface area contributed by atoms with Gasteiger partial charge in [-0.05, 0) is 42.0 Å². The van der Waals surface area contributed by atoms with Crippen molar-refractivity contribution in [1.82, 2.24) is 4.98 Å². The van der Waals surface area contributed by atoms with Crippen LogP contribution in [0.25, 0.3) is 10.8 Å². The van der Waals surface area contributed by atoms with E-state index in [1.165, 1.54) is 29.2 Å². The van der Waals surface area contributed by atoms with Crippen molar-refractivity contribution < 1.29 is 0 Å². The van der Waals surface area contributed by atoms with Crippen molar-refractivity contribution in [2.45, 2.75) is 45.1 Å². The van der Waals surface area contributed by atoms with Crippen molar-refractivity contribution >= 4 is 10.8 Å². The summed E-state index contributed by atoms with van der Waals surface area (Å²) in [6.45, 7) is 4.67. The van der Waals surface area contributed by atoms with E-state index >= 15 is 0 Å². The van der Waals surface area contributed by atoms with Crippen LogP contribution < -0.4 is 5.73 Å². The van der Waals surface area contributed by atoms with Gasteiger partial charge >= 0.3 is 0 Å². The van der Waals surface area contributed by atoms with E-state index < -0.39 is 0 Å². The zero-order valence-electron chi connectivity index (χ0n) is 12.4. The number of hydrogen-bond donors (Lipinski definition) is 1. The summed E-state index contributed by atoms with van der Waals surface area (Å²) in [5, 5.41) is 2.55. The highest BCUT2D eigenvalue weighted by Crippen LogP contribution is 2.40. The number of benzene rings is 1. The molecule has 0 bridgehead atoms. The van der Waals surface area contributed by atoms with E-state index in [0.29, 0.717) is 5.92 Å². The molecule has 0 aliphatic heterocycles. The molecule has 0 saturated heterocycles. The number of pyridine rings is 1. The predicted molar refractivity (Wildman–Crippen MR) is 84.6 cm³/mol. The molecule has 1 aliphatic carbocycles. The van der Waals surface area contributed by atoms with E-state index in [9.17, 15) is 0 Å². The number of nitrogens with zero attached hydrogens (tertiary/aromatic N) is 1. The summed E-state index contributed by atoms with van der Waals surface area (Å²) < 4.78 is 0. The van der Waals surface area contributed by atoms with Gasteiger partial charge < -0.3 is 5.73 Å². The molecule has 3 unspecified atom stereocenters. The van der Waals surface area contributed by atoms with E-state index in [-0.39, 0.29) is 6.04 Å². The van der Waals surface area contributed by atoms with Gasteiger partial charge in [0.2, 0.25) is 0 Å². The van der Waals surface area contributed by atoms with Crippen LogP contribution in [0.1, 0.15) is 44.6 Å². The molecule has 2 heteroatoms. The number of aromatic nitrogens is 1. The Bertz CT molecular complexity index is 585. The molecule has 0 spiro atoms. The Morgan fingerprint density at radius 2 is 1.95 bits per heavy atom. The zero-order valence-corrected chi connectivity index (χ0v) is 12.4. The van der Waals surface area contributed by atoms with E-state index in [4.69, 9.17) is 5.73 Å². The molecule has 0 amide bonds. The normalized spacial score (nSPS) is 27.1. The van der Waals surface area contributed by atoms with Gasteiger partial charge in [0.15, 0.2) is 0 Å². The van der Waals surface area contributed by atoms with E-state index in [0.717, 1.165) is 18.3 Å². The van der Waals surface area contributed by atoms with E-state index in [2.05, 4.69) is 43.1 Å². The maximum absolute atomic E-state index is 6.44. The summed E-state index contributed by atoms with van der Waals surface area (Å²) in [5.41, 5.74) is 7.78. The monoisotopic (exact) mass is 268 g/mol. The molecule has 3 atom stereocenters. The first-order valence-electron chi connectivity index (χ1n) is 7.75. The molecule has 1 aliphatic rings. The molecule has 0 radical (unpaired) electrons. The summed E-state index contributed by atoms with van der Waals surface area (Å²) in [6, 6.07) is 8.81. The molecule has 2 nitrogen and oxygen atoms in total. The highest BCUT2D eigenvalue weighted by Gasteiger charge is 2.31. The van der Waals surface area contributed by atoms with Crippen LogP contribution in [-0.2, 0) is 0 Å². The Balaban J connectivity index is 2.00. The molecule has 106 valence electrons. The number of hydrogen-bond acceptors (Lipinski definition) is 2. The van der Waals surface area contributed by atoms with Crippen molar-refractivity contribution in [1.29, 1.82) is 0 Å². The highest BCUT2D eigenvalue weighted by molar-refractivity contribution is 5.85. The van der Waals surface area contributed by atoms with Crippen LogP contribution in [-0.4, -0.2) is 11.0 Å². The number of rotatable bonds is 2. The summed E-state index contributed by atoms with van der Waals surface area (Å²) in [6.07, 6.45) is 7.60. The van der Waals surface area contributed by atoms with Crippen LogP contribution >= 0.6 is 0 Å². The lowest BCUT2D eigenvalue weighted by atomic mass is 9.71. The first-order valence-corrected chi connectivity index (χ1v) is 7.75. The molecule has 1 heterocycles. The van der Waals surface area contributed by atoms with Gasteiger partial charge in [-0.3, -0.25) is 4.98 Å². The molecule has 1 saturated carbocycles. The second-order valence-electron chi connectivity index (χ2n) is 6.54. The average molecular weight is 268 g/mol. The van der Waals surface area contributed by atoms with Gasteiger partial charge in [-0.2, -0.15) is 0 Å². The number of fused-ring (bicyclic) bond motifs is 1. The SMILES string of the molecule is CC(C)C1CCC(N)C(c2cncc3ccccc23)C1. The summed E-state index contributed by atoms with van der Waals surface area (Å²) in [7, 11) is 0. The Morgan fingerprint density at radius 1 is 1.15 bits per heavy atom. The lowest BCUT2D eigenvalue weighted by molar-refractivity contribution is 0.233. The molecule has 1 fully saturated rings. The van der Waals surface area contributed by atoms with E-state index in [1.807, 2.05) is 12.4 Å². The molecule has 3 rings (SSSR count). The summed E-state index contributed by atoms with van der Waals surface area (Å²) in [4.78, 5) is 4.44. The third-order valence-electron chi connectivity index (χ3n) is 4.99. The van der Waals surface area contributed by atoms with Crippen LogP contribution in [0.2, 0.25) is 0 Å². The maximum Gasteiger partial charge on any atom is 0.0346 e. The minimum Gasteiger partial charge on any atom is -0.327 e. The molecule has 20 heavy (non-hydrogen) atoms. The minimum absolute atomic E-state index is 0.276. The second kappa shape index (κ2) is 5.53. The van der Waals surface area contributed by atoms with Crippen molar-refractivity contribution in [2.75, 3.05) is 0 Å². The molecule has 2 aromatic rings. The van der Waals surface area contributed by atoms with E-state index in [1.54, 1.807) is 0 Å². The molecule has 1 aromatic carbocycles. The van der Waals surface area contributed by atoms with Gasteiger partial charge in [0.1, 0.15) is 0 Å². The molecular formula is C18H24N2. The molecular weight excluding hydrogens is 244 g/mol. The van der Waals surface area contributed by atoms with Crippen LogP contribution in [0.3, 0.4) is 0 Å². The van der Waals surface area contributed by atoms with Crippen LogP contribution in [0.5, 0.6) is 0 Å². The summed E-state index contributed by atoms with van der Waals surface area (Å²) in [5.74, 6) is 1.99. The van der Waals surface area contributed by atoms with Gasteiger partial charge in [0, 0.05) is 29.7 Å². The van der Waals surface area contributed by atoms with Crippen molar-refractivity contribution in [3.8, 4) is 0 Å².